The fourth-order valence-corrected chi connectivity index (χ4v) is 6.77. The molecule has 0 saturated carbocycles. The zero-order valence-electron chi connectivity index (χ0n) is 29.1. The van der Waals surface area contributed by atoms with Gasteiger partial charge in [-0.1, -0.05) is 188 Å². The maximum atomic E-state index is 2.59. The lowest BCUT2D eigenvalue weighted by Gasteiger charge is -2.20. The number of hydrogen-bond acceptors (Lipinski definition) is 0. The zero-order valence-corrected chi connectivity index (χ0v) is 29.1. The number of benzene rings is 1. The van der Waals surface area contributed by atoms with E-state index in [0.29, 0.717) is 0 Å². The number of rotatable bonds is 31. The second-order valence-electron chi connectivity index (χ2n) is 13.5. The van der Waals surface area contributed by atoms with Crippen LogP contribution in [-0.2, 0) is 25.7 Å². The number of hydrogen-bond donors (Lipinski definition) is 0. The summed E-state index contributed by atoms with van der Waals surface area (Å²) in [5, 5.41) is 0. The third-order valence-electron chi connectivity index (χ3n) is 9.54. The quantitative estimate of drug-likeness (QED) is 0.0781. The molecule has 0 heteroatoms. The molecule has 0 radical (unpaired) electrons. The highest BCUT2D eigenvalue weighted by atomic mass is 14.2. The van der Waals surface area contributed by atoms with Crippen LogP contribution in [0.1, 0.15) is 223 Å². The molecule has 0 spiro atoms. The molecule has 0 aromatic heterocycles. The van der Waals surface area contributed by atoms with Gasteiger partial charge in [0.1, 0.15) is 0 Å². The van der Waals surface area contributed by atoms with Crippen molar-refractivity contribution in [2.75, 3.05) is 0 Å². The molecule has 1 aromatic rings. The Morgan fingerprint density at radius 3 is 0.756 bits per heavy atom. The van der Waals surface area contributed by atoms with Crippen molar-refractivity contribution in [2.45, 2.75) is 227 Å². The van der Waals surface area contributed by atoms with E-state index in [1.54, 1.807) is 11.1 Å². The van der Waals surface area contributed by atoms with Gasteiger partial charge in [0, 0.05) is 0 Å². The Hall–Kier alpha value is -0.780. The van der Waals surface area contributed by atoms with Crippen molar-refractivity contribution >= 4 is 0 Å². The van der Waals surface area contributed by atoms with Crippen LogP contribution in [0.5, 0.6) is 0 Å². The predicted molar refractivity (Wildman–Crippen MR) is 189 cm³/mol. The summed E-state index contributed by atoms with van der Waals surface area (Å²) < 4.78 is 0. The van der Waals surface area contributed by atoms with Crippen molar-refractivity contribution in [3.05, 3.63) is 34.4 Å². The minimum Gasteiger partial charge on any atom is -0.0654 e. The van der Waals surface area contributed by atoms with E-state index >= 15 is 0 Å². The standard InChI is InChI=1S/C41H76/c1-5-9-13-17-21-25-29-33-39-37-36-38(32-28-24-20-16-12-8-4)40(34-30-26-22-18-14-10-6-2)41(39)35-31-27-23-19-15-11-7-3/h36-37H,5-35H2,1-4H3. The molecule has 0 fully saturated rings. The van der Waals surface area contributed by atoms with Crippen LogP contribution in [0.3, 0.4) is 0 Å². The molecule has 0 nitrogen and oxygen atoms in total. The van der Waals surface area contributed by atoms with Crippen molar-refractivity contribution in [1.82, 2.24) is 0 Å². The van der Waals surface area contributed by atoms with E-state index in [1.807, 2.05) is 11.1 Å². The maximum absolute atomic E-state index is 2.59. The summed E-state index contributed by atoms with van der Waals surface area (Å²) in [6.45, 7) is 9.32. The molecule has 0 saturated heterocycles. The minimum absolute atomic E-state index is 1.32. The highest BCUT2D eigenvalue weighted by Crippen LogP contribution is 2.28. The van der Waals surface area contributed by atoms with Gasteiger partial charge >= 0.3 is 0 Å². The number of aryl methyl sites for hydroxylation is 2. The van der Waals surface area contributed by atoms with Crippen LogP contribution in [0, 0.1) is 0 Å². The summed E-state index contributed by atoms with van der Waals surface area (Å²) in [6.07, 6.45) is 43.6. The van der Waals surface area contributed by atoms with Crippen LogP contribution in [0.15, 0.2) is 12.1 Å². The lowest BCUT2D eigenvalue weighted by Crippen LogP contribution is -2.07. The Morgan fingerprint density at radius 2 is 0.488 bits per heavy atom. The van der Waals surface area contributed by atoms with Crippen LogP contribution in [-0.4, -0.2) is 0 Å². The van der Waals surface area contributed by atoms with Gasteiger partial charge in [0.25, 0.3) is 0 Å². The third-order valence-corrected chi connectivity index (χ3v) is 9.54. The molecule has 0 N–H and O–H groups in total. The molecule has 240 valence electrons. The number of unbranched alkanes of at least 4 members (excludes halogenated alkanes) is 23. The predicted octanol–water partition coefficient (Wildman–Crippen LogP) is 14.5. The summed E-state index contributed by atoms with van der Waals surface area (Å²) in [4.78, 5) is 0. The Bertz CT molecular complexity index is 671. The molecule has 0 heterocycles. The molecule has 0 aliphatic rings. The van der Waals surface area contributed by atoms with E-state index in [-0.39, 0.29) is 0 Å². The van der Waals surface area contributed by atoms with Crippen LogP contribution in [0.2, 0.25) is 0 Å². The van der Waals surface area contributed by atoms with E-state index in [9.17, 15) is 0 Å². The van der Waals surface area contributed by atoms with E-state index in [0.717, 1.165) is 0 Å². The van der Waals surface area contributed by atoms with Gasteiger partial charge in [0.15, 0.2) is 0 Å². The van der Waals surface area contributed by atoms with Crippen molar-refractivity contribution in [1.29, 1.82) is 0 Å². The smallest absolute Gasteiger partial charge is 0.0273 e. The van der Waals surface area contributed by atoms with Crippen molar-refractivity contribution in [3.63, 3.8) is 0 Å². The van der Waals surface area contributed by atoms with Gasteiger partial charge in [-0.25, -0.2) is 0 Å². The Labute approximate surface area is 260 Å². The molecular weight excluding hydrogens is 492 g/mol. The molecule has 0 bridgehead atoms. The van der Waals surface area contributed by atoms with Crippen LogP contribution in [0.4, 0.5) is 0 Å². The first kappa shape index (κ1) is 38.2. The fourth-order valence-electron chi connectivity index (χ4n) is 6.77. The van der Waals surface area contributed by atoms with Crippen LogP contribution >= 0.6 is 0 Å². The molecule has 0 aliphatic carbocycles. The average molecular weight is 569 g/mol. The first-order chi connectivity index (χ1) is 20.3. The normalized spacial score (nSPS) is 11.5. The van der Waals surface area contributed by atoms with Crippen LogP contribution < -0.4 is 0 Å². The van der Waals surface area contributed by atoms with E-state index in [4.69, 9.17) is 0 Å². The van der Waals surface area contributed by atoms with Crippen LogP contribution in [0.25, 0.3) is 0 Å². The van der Waals surface area contributed by atoms with Crippen molar-refractivity contribution < 1.29 is 0 Å². The van der Waals surface area contributed by atoms with Gasteiger partial charge in [-0.15, -0.1) is 0 Å². The van der Waals surface area contributed by atoms with Gasteiger partial charge in [0.05, 0.1) is 0 Å². The molecule has 1 rings (SSSR count). The summed E-state index contributed by atoms with van der Waals surface area (Å²) in [5.41, 5.74) is 7.10. The van der Waals surface area contributed by atoms with Gasteiger partial charge in [-0.05, 0) is 73.6 Å². The molecular formula is C41H76. The van der Waals surface area contributed by atoms with E-state index < -0.39 is 0 Å². The molecule has 0 unspecified atom stereocenters. The van der Waals surface area contributed by atoms with E-state index in [2.05, 4.69) is 39.8 Å². The van der Waals surface area contributed by atoms with Crippen molar-refractivity contribution in [3.8, 4) is 0 Å². The first-order valence-corrected chi connectivity index (χ1v) is 19.4. The van der Waals surface area contributed by atoms with E-state index in [1.165, 1.54) is 199 Å². The first-order valence-electron chi connectivity index (χ1n) is 19.4. The molecule has 1 aromatic carbocycles. The lowest BCUT2D eigenvalue weighted by atomic mass is 9.85. The summed E-state index contributed by atoms with van der Waals surface area (Å²) in [5.74, 6) is 0. The van der Waals surface area contributed by atoms with Gasteiger partial charge in [-0.2, -0.15) is 0 Å². The van der Waals surface area contributed by atoms with Gasteiger partial charge < -0.3 is 0 Å². The Morgan fingerprint density at radius 1 is 0.268 bits per heavy atom. The lowest BCUT2D eigenvalue weighted by molar-refractivity contribution is 0.576. The highest BCUT2D eigenvalue weighted by molar-refractivity contribution is 5.42. The Balaban J connectivity index is 2.89. The SMILES string of the molecule is CCCCCCCCCc1ccc(CCCCCCCC)c(CCCCCCCCC)c1CCCCCCCCC. The minimum atomic E-state index is 1.32. The van der Waals surface area contributed by atoms with Gasteiger partial charge in [0.2, 0.25) is 0 Å². The average Bonchev–Trinajstić information content (AvgIpc) is 2.98. The zero-order chi connectivity index (χ0) is 29.6. The molecule has 41 heavy (non-hydrogen) atoms. The summed E-state index contributed by atoms with van der Waals surface area (Å²) in [7, 11) is 0. The third kappa shape index (κ3) is 20.7. The molecule has 0 amide bonds. The summed E-state index contributed by atoms with van der Waals surface area (Å²) >= 11 is 0. The topological polar surface area (TPSA) is 0 Å². The summed E-state index contributed by atoms with van der Waals surface area (Å²) in [6, 6.07) is 5.18. The second-order valence-corrected chi connectivity index (χ2v) is 13.5. The molecule has 0 aliphatic heterocycles. The second kappa shape index (κ2) is 29.3. The maximum Gasteiger partial charge on any atom is -0.0273 e. The van der Waals surface area contributed by atoms with Gasteiger partial charge in [-0.3, -0.25) is 0 Å². The fraction of sp³-hybridized carbons (Fsp3) is 0.854. The van der Waals surface area contributed by atoms with Crippen molar-refractivity contribution in [2.24, 2.45) is 0 Å². The monoisotopic (exact) mass is 569 g/mol. The largest absolute Gasteiger partial charge is 0.0654 e. The highest BCUT2D eigenvalue weighted by Gasteiger charge is 2.14. The Kier molecular flexibility index (Phi) is 27.3. The molecule has 0 atom stereocenters.